The highest BCUT2D eigenvalue weighted by atomic mass is 16.6. The van der Waals surface area contributed by atoms with Crippen LogP contribution < -0.4 is 43.8 Å². The molecule has 2 saturated heterocycles. The van der Waals surface area contributed by atoms with Crippen LogP contribution in [0.3, 0.4) is 0 Å². The zero-order chi connectivity index (χ0) is 24.3. The highest BCUT2D eigenvalue weighted by Crippen LogP contribution is 2.36. The molecule has 7 atom stereocenters. The molecule has 1 amide bonds. The molecule has 33 heavy (non-hydrogen) atoms. The van der Waals surface area contributed by atoms with E-state index in [0.717, 1.165) is 12.8 Å². The number of carboxylic acid groups (broad SMARTS) is 1. The predicted octanol–water partition coefficient (Wildman–Crippen LogP) is -3.03. The van der Waals surface area contributed by atoms with Crippen molar-refractivity contribution in [2.45, 2.75) is 88.4 Å². The number of aliphatic carboxylic acids is 1. The maximum absolute atomic E-state index is 12.6. The number of ether oxygens (including phenoxy) is 1. The summed E-state index contributed by atoms with van der Waals surface area (Å²) < 4.78 is 4.80. The zero-order valence-corrected chi connectivity index (χ0v) is 19.2. The summed E-state index contributed by atoms with van der Waals surface area (Å²) in [6.45, 7) is 4.21. The number of nitrogens with two attached hydrogens (primary N) is 3. The van der Waals surface area contributed by atoms with E-state index in [4.69, 9.17) is 21.9 Å². The topological polar surface area (TPSA) is 219 Å². The zero-order valence-electron chi connectivity index (χ0n) is 19.2. The molecule has 0 aromatic carbocycles. The minimum atomic E-state index is -1.68. The molecule has 1 aliphatic carbocycles. The molecular formula is C20H38N8O5. The van der Waals surface area contributed by atoms with Gasteiger partial charge in [0.15, 0.2) is 0 Å². The van der Waals surface area contributed by atoms with Crippen molar-refractivity contribution in [3.63, 3.8) is 0 Å². The van der Waals surface area contributed by atoms with Gasteiger partial charge in [0.2, 0.25) is 5.91 Å². The Morgan fingerprint density at radius 3 is 2.42 bits per heavy atom. The Balaban J connectivity index is 1.53. The first-order chi connectivity index (χ1) is 15.5. The van der Waals surface area contributed by atoms with Crippen LogP contribution >= 0.6 is 0 Å². The van der Waals surface area contributed by atoms with E-state index in [0.29, 0.717) is 19.4 Å². The number of nitrogens with one attached hydrogen (secondary N) is 5. The standard InChI is InChI=1S/C20H38N8O5/c1-3-12(29)33-17(18(31)32)28-16(30)9-4-6-10(7-5-9)20(2,23)11-8-24-15-13(25-11)14(21)26-19(22)27-15/h9-11,13-15,17,19,24-27H,3-8,21-23H2,1-2H3,(H,28,30)(H,31,32). The lowest BCUT2D eigenvalue weighted by molar-refractivity contribution is -0.168. The lowest BCUT2D eigenvalue weighted by Gasteiger charge is -2.52. The number of hydrogen-bond acceptors (Lipinski definition) is 11. The highest BCUT2D eigenvalue weighted by Gasteiger charge is 2.46. The van der Waals surface area contributed by atoms with E-state index in [1.807, 2.05) is 6.92 Å². The van der Waals surface area contributed by atoms with Gasteiger partial charge in [0, 0.05) is 30.5 Å². The van der Waals surface area contributed by atoms with Crippen molar-refractivity contribution in [3.8, 4) is 0 Å². The van der Waals surface area contributed by atoms with Gasteiger partial charge in [0.05, 0.1) is 18.4 Å². The average Bonchev–Trinajstić information content (AvgIpc) is 2.78. The van der Waals surface area contributed by atoms with Crippen molar-refractivity contribution in [2.24, 2.45) is 29.0 Å². The molecule has 3 rings (SSSR count). The van der Waals surface area contributed by atoms with Crippen LogP contribution in [0.5, 0.6) is 0 Å². The third-order valence-corrected chi connectivity index (χ3v) is 7.18. The summed E-state index contributed by atoms with van der Waals surface area (Å²) in [4.78, 5) is 35.4. The number of esters is 1. The van der Waals surface area contributed by atoms with Gasteiger partial charge in [-0.1, -0.05) is 6.92 Å². The second-order valence-corrected chi connectivity index (χ2v) is 9.45. The Morgan fingerprint density at radius 2 is 1.82 bits per heavy atom. The maximum atomic E-state index is 12.6. The monoisotopic (exact) mass is 470 g/mol. The van der Waals surface area contributed by atoms with E-state index >= 15 is 0 Å². The second-order valence-electron chi connectivity index (χ2n) is 9.45. The van der Waals surface area contributed by atoms with E-state index in [1.54, 1.807) is 6.92 Å². The van der Waals surface area contributed by atoms with Crippen LogP contribution in [0.2, 0.25) is 0 Å². The summed E-state index contributed by atoms with van der Waals surface area (Å²) in [7, 11) is 0. The molecular weight excluding hydrogens is 432 g/mol. The van der Waals surface area contributed by atoms with Gasteiger partial charge in [-0.3, -0.25) is 25.5 Å². The number of carbonyl (C=O) groups excluding carboxylic acids is 2. The molecule has 0 bridgehead atoms. The Hall–Kier alpha value is -1.87. The van der Waals surface area contributed by atoms with E-state index < -0.39 is 29.6 Å². The van der Waals surface area contributed by atoms with E-state index in [9.17, 15) is 19.5 Å². The molecule has 12 N–H and O–H groups in total. The molecule has 7 unspecified atom stereocenters. The van der Waals surface area contributed by atoms with Crippen molar-refractivity contribution in [3.05, 3.63) is 0 Å². The predicted molar refractivity (Wildman–Crippen MR) is 119 cm³/mol. The molecule has 2 aliphatic heterocycles. The Kier molecular flexibility index (Phi) is 8.26. The Labute approximate surface area is 193 Å². The third-order valence-electron chi connectivity index (χ3n) is 7.18. The summed E-state index contributed by atoms with van der Waals surface area (Å²) >= 11 is 0. The number of fused-ring (bicyclic) bond motifs is 1. The summed E-state index contributed by atoms with van der Waals surface area (Å²) in [6, 6.07) is -0.129. The quantitative estimate of drug-likeness (QED) is 0.134. The van der Waals surface area contributed by atoms with Crippen molar-refractivity contribution in [1.29, 1.82) is 0 Å². The smallest absolute Gasteiger partial charge is 0.366 e. The van der Waals surface area contributed by atoms with Gasteiger partial charge in [-0.15, -0.1) is 0 Å². The summed E-state index contributed by atoms with van der Waals surface area (Å²) in [5.41, 5.74) is 18.4. The number of amides is 1. The maximum Gasteiger partial charge on any atom is 0.366 e. The molecule has 3 fully saturated rings. The summed E-state index contributed by atoms with van der Waals surface area (Å²) in [5, 5.41) is 24.9. The third kappa shape index (κ3) is 5.98. The second kappa shape index (κ2) is 10.6. The molecule has 0 aromatic rings. The largest absolute Gasteiger partial charge is 0.477 e. The molecule has 188 valence electrons. The lowest BCUT2D eigenvalue weighted by Crippen LogP contribution is -2.83. The van der Waals surface area contributed by atoms with E-state index in [-0.39, 0.29) is 49.0 Å². The molecule has 0 radical (unpaired) electrons. The Morgan fingerprint density at radius 1 is 1.15 bits per heavy atom. The first-order valence-electron chi connectivity index (χ1n) is 11.6. The SMILES string of the molecule is CCC(=O)OC(NC(=O)C1CCC(C(C)(N)C2CNC3NC(N)NC(N)C3N2)CC1)C(=O)O. The summed E-state index contributed by atoms with van der Waals surface area (Å²) in [6.07, 6.45) is 0.144. The minimum Gasteiger partial charge on any atom is -0.477 e. The van der Waals surface area contributed by atoms with Crippen LogP contribution in [-0.2, 0) is 19.1 Å². The molecule has 0 aromatic heterocycles. The molecule has 0 spiro atoms. The van der Waals surface area contributed by atoms with Crippen molar-refractivity contribution in [2.75, 3.05) is 6.54 Å². The fraction of sp³-hybridized carbons (Fsp3) is 0.850. The van der Waals surface area contributed by atoms with Crippen molar-refractivity contribution < 1.29 is 24.2 Å². The van der Waals surface area contributed by atoms with E-state index in [2.05, 4.69) is 26.6 Å². The fourth-order valence-corrected chi connectivity index (χ4v) is 5.05. The first kappa shape index (κ1) is 25.7. The Bertz CT molecular complexity index is 729. The van der Waals surface area contributed by atoms with Crippen LogP contribution in [0.25, 0.3) is 0 Å². The van der Waals surface area contributed by atoms with Gasteiger partial charge in [-0.05, 0) is 38.5 Å². The average molecular weight is 471 g/mol. The van der Waals surface area contributed by atoms with E-state index in [1.165, 1.54) is 0 Å². The first-order valence-corrected chi connectivity index (χ1v) is 11.6. The van der Waals surface area contributed by atoms with Crippen LogP contribution in [0, 0.1) is 11.8 Å². The minimum absolute atomic E-state index is 0.0232. The number of carbonyl (C=O) groups is 3. The van der Waals surface area contributed by atoms with Gasteiger partial charge in [0.1, 0.15) is 6.29 Å². The number of rotatable bonds is 7. The van der Waals surface area contributed by atoms with Crippen molar-refractivity contribution >= 4 is 17.8 Å². The molecule has 1 saturated carbocycles. The van der Waals surface area contributed by atoms with Gasteiger partial charge in [-0.25, -0.2) is 4.79 Å². The van der Waals surface area contributed by atoms with Crippen LogP contribution in [0.15, 0.2) is 0 Å². The van der Waals surface area contributed by atoms with Gasteiger partial charge in [-0.2, -0.15) is 0 Å². The van der Waals surface area contributed by atoms with Crippen molar-refractivity contribution in [1.82, 2.24) is 26.6 Å². The highest BCUT2D eigenvalue weighted by molar-refractivity contribution is 5.85. The van der Waals surface area contributed by atoms with Crippen LogP contribution in [-0.4, -0.2) is 72.0 Å². The van der Waals surface area contributed by atoms with Gasteiger partial charge >= 0.3 is 11.9 Å². The van der Waals surface area contributed by atoms with Gasteiger partial charge < -0.3 is 37.7 Å². The van der Waals surface area contributed by atoms with Crippen LogP contribution in [0.4, 0.5) is 0 Å². The summed E-state index contributed by atoms with van der Waals surface area (Å²) in [5.74, 6) is -2.72. The molecule has 3 aliphatic rings. The number of hydrogen-bond donors (Lipinski definition) is 9. The van der Waals surface area contributed by atoms with Gasteiger partial charge in [0.25, 0.3) is 6.23 Å². The molecule has 13 nitrogen and oxygen atoms in total. The lowest BCUT2D eigenvalue weighted by atomic mass is 9.69. The fourth-order valence-electron chi connectivity index (χ4n) is 5.05. The normalized spacial score (nSPS) is 37.2. The number of carboxylic acids is 1. The molecule has 13 heteroatoms. The van der Waals surface area contributed by atoms with Crippen LogP contribution in [0.1, 0.15) is 46.0 Å². The molecule has 2 heterocycles. The number of piperazine rings is 1.